The highest BCUT2D eigenvalue weighted by molar-refractivity contribution is 7.09. The Morgan fingerprint density at radius 2 is 2.00 bits per heavy atom. The molecular formula is C13H18N2OS. The number of amides is 1. The van der Waals surface area contributed by atoms with Crippen molar-refractivity contribution in [1.82, 2.24) is 9.88 Å². The molecule has 1 saturated heterocycles. The zero-order valence-corrected chi connectivity index (χ0v) is 11.0. The topological polar surface area (TPSA) is 33.2 Å². The predicted molar refractivity (Wildman–Crippen MR) is 68.2 cm³/mol. The van der Waals surface area contributed by atoms with Crippen LogP contribution in [0.15, 0.2) is 5.38 Å². The molecule has 92 valence electrons. The maximum absolute atomic E-state index is 12.3. The van der Waals surface area contributed by atoms with E-state index in [-0.39, 0.29) is 5.91 Å². The van der Waals surface area contributed by atoms with Gasteiger partial charge in [0, 0.05) is 18.5 Å². The van der Waals surface area contributed by atoms with Crippen LogP contribution in [0.25, 0.3) is 0 Å². The molecule has 17 heavy (non-hydrogen) atoms. The zero-order valence-electron chi connectivity index (χ0n) is 10.2. The molecular weight excluding hydrogens is 232 g/mol. The Labute approximate surface area is 106 Å². The molecule has 0 radical (unpaired) electrons. The number of thiazole rings is 1. The SMILES string of the molecule is Cc1nc(C(=O)N2CC3CCCCC3C2)cs1. The lowest BCUT2D eigenvalue weighted by molar-refractivity contribution is 0.0779. The van der Waals surface area contributed by atoms with Crippen LogP contribution in [-0.4, -0.2) is 28.9 Å². The fraction of sp³-hybridized carbons (Fsp3) is 0.692. The van der Waals surface area contributed by atoms with E-state index in [0.717, 1.165) is 29.9 Å². The molecule has 1 amide bonds. The minimum Gasteiger partial charge on any atom is -0.337 e. The van der Waals surface area contributed by atoms with E-state index in [4.69, 9.17) is 0 Å². The molecule has 0 N–H and O–H groups in total. The number of fused-ring (bicyclic) bond motifs is 1. The van der Waals surface area contributed by atoms with Crippen molar-refractivity contribution < 1.29 is 4.79 Å². The van der Waals surface area contributed by atoms with Gasteiger partial charge in [0.2, 0.25) is 0 Å². The van der Waals surface area contributed by atoms with Crippen molar-refractivity contribution in [2.24, 2.45) is 11.8 Å². The first kappa shape index (κ1) is 11.2. The van der Waals surface area contributed by atoms with Crippen LogP contribution in [-0.2, 0) is 0 Å². The number of hydrogen-bond acceptors (Lipinski definition) is 3. The molecule has 2 aliphatic rings. The highest BCUT2D eigenvalue weighted by Crippen LogP contribution is 2.36. The quantitative estimate of drug-likeness (QED) is 0.768. The van der Waals surface area contributed by atoms with Gasteiger partial charge in [-0.2, -0.15) is 0 Å². The van der Waals surface area contributed by atoms with Gasteiger partial charge in [0.05, 0.1) is 5.01 Å². The largest absolute Gasteiger partial charge is 0.337 e. The molecule has 3 rings (SSSR count). The van der Waals surface area contributed by atoms with Gasteiger partial charge in [-0.05, 0) is 31.6 Å². The van der Waals surface area contributed by atoms with Gasteiger partial charge in [-0.1, -0.05) is 12.8 Å². The van der Waals surface area contributed by atoms with Crippen molar-refractivity contribution in [2.45, 2.75) is 32.6 Å². The summed E-state index contributed by atoms with van der Waals surface area (Å²) in [7, 11) is 0. The van der Waals surface area contributed by atoms with Gasteiger partial charge < -0.3 is 4.90 Å². The van der Waals surface area contributed by atoms with E-state index < -0.39 is 0 Å². The smallest absolute Gasteiger partial charge is 0.273 e. The Hall–Kier alpha value is -0.900. The van der Waals surface area contributed by atoms with Gasteiger partial charge in [-0.25, -0.2) is 4.98 Å². The molecule has 0 aromatic carbocycles. The molecule has 0 bridgehead atoms. The molecule has 1 aromatic rings. The van der Waals surface area contributed by atoms with Crippen molar-refractivity contribution in [2.75, 3.05) is 13.1 Å². The Morgan fingerprint density at radius 1 is 1.35 bits per heavy atom. The Bertz CT molecular complexity index is 415. The summed E-state index contributed by atoms with van der Waals surface area (Å²) in [6.45, 7) is 3.87. The highest BCUT2D eigenvalue weighted by Gasteiger charge is 2.37. The molecule has 0 spiro atoms. The van der Waals surface area contributed by atoms with Crippen LogP contribution in [0.3, 0.4) is 0 Å². The summed E-state index contributed by atoms with van der Waals surface area (Å²) in [5, 5.41) is 2.87. The van der Waals surface area contributed by atoms with Gasteiger partial charge in [0.15, 0.2) is 0 Å². The van der Waals surface area contributed by atoms with Crippen molar-refractivity contribution in [3.05, 3.63) is 16.1 Å². The standard InChI is InChI=1S/C13H18N2OS/c1-9-14-12(8-17-9)13(16)15-6-10-4-2-3-5-11(10)7-15/h8,10-11H,2-7H2,1H3. The average molecular weight is 250 g/mol. The molecule has 2 unspecified atom stereocenters. The van der Waals surface area contributed by atoms with Crippen molar-refractivity contribution in [1.29, 1.82) is 0 Å². The third-order valence-electron chi connectivity index (χ3n) is 4.10. The van der Waals surface area contributed by atoms with Crippen LogP contribution in [0.1, 0.15) is 41.2 Å². The van der Waals surface area contributed by atoms with Crippen LogP contribution in [0.4, 0.5) is 0 Å². The summed E-state index contributed by atoms with van der Waals surface area (Å²) in [4.78, 5) is 18.6. The van der Waals surface area contributed by atoms with E-state index in [1.807, 2.05) is 17.2 Å². The van der Waals surface area contributed by atoms with Crippen molar-refractivity contribution in [3.8, 4) is 0 Å². The second-order valence-corrected chi connectivity index (χ2v) is 6.33. The van der Waals surface area contributed by atoms with Gasteiger partial charge in [0.25, 0.3) is 5.91 Å². The number of carbonyl (C=O) groups excluding carboxylic acids is 1. The van der Waals surface area contributed by atoms with Crippen LogP contribution in [0.2, 0.25) is 0 Å². The molecule has 1 saturated carbocycles. The van der Waals surface area contributed by atoms with Gasteiger partial charge in [-0.3, -0.25) is 4.79 Å². The average Bonchev–Trinajstić information content (AvgIpc) is 2.93. The Kier molecular flexibility index (Phi) is 2.90. The first-order valence-electron chi connectivity index (χ1n) is 6.45. The first-order chi connectivity index (χ1) is 8.24. The fourth-order valence-corrected chi connectivity index (χ4v) is 3.78. The lowest BCUT2D eigenvalue weighted by Crippen LogP contribution is -2.29. The maximum atomic E-state index is 12.3. The summed E-state index contributed by atoms with van der Waals surface area (Å²) in [6.07, 6.45) is 5.31. The Balaban J connectivity index is 1.71. The summed E-state index contributed by atoms with van der Waals surface area (Å²) in [5.41, 5.74) is 0.645. The molecule has 1 aliphatic carbocycles. The number of rotatable bonds is 1. The summed E-state index contributed by atoms with van der Waals surface area (Å²) in [6, 6.07) is 0. The lowest BCUT2D eigenvalue weighted by atomic mass is 9.82. The normalized spacial score (nSPS) is 28.2. The van der Waals surface area contributed by atoms with Gasteiger partial charge in [-0.15, -0.1) is 11.3 Å². The third-order valence-corrected chi connectivity index (χ3v) is 4.88. The van der Waals surface area contributed by atoms with Gasteiger partial charge in [0.1, 0.15) is 5.69 Å². The number of aromatic nitrogens is 1. The molecule has 1 aromatic heterocycles. The maximum Gasteiger partial charge on any atom is 0.273 e. The number of aryl methyl sites for hydroxylation is 1. The van der Waals surface area contributed by atoms with Crippen LogP contribution >= 0.6 is 11.3 Å². The molecule has 1 aliphatic heterocycles. The van der Waals surface area contributed by atoms with E-state index in [9.17, 15) is 4.79 Å². The van der Waals surface area contributed by atoms with Crippen LogP contribution < -0.4 is 0 Å². The second-order valence-electron chi connectivity index (χ2n) is 5.27. The number of carbonyl (C=O) groups is 1. The number of nitrogens with zero attached hydrogens (tertiary/aromatic N) is 2. The summed E-state index contributed by atoms with van der Waals surface area (Å²) in [5.74, 6) is 1.66. The lowest BCUT2D eigenvalue weighted by Gasteiger charge is -2.22. The van der Waals surface area contributed by atoms with Crippen LogP contribution in [0, 0.1) is 18.8 Å². The highest BCUT2D eigenvalue weighted by atomic mass is 32.1. The third kappa shape index (κ3) is 2.10. The molecule has 4 heteroatoms. The fourth-order valence-electron chi connectivity index (χ4n) is 3.20. The summed E-state index contributed by atoms with van der Waals surface area (Å²) < 4.78 is 0. The monoisotopic (exact) mass is 250 g/mol. The first-order valence-corrected chi connectivity index (χ1v) is 7.33. The van der Waals surface area contributed by atoms with Crippen molar-refractivity contribution >= 4 is 17.2 Å². The van der Waals surface area contributed by atoms with E-state index in [1.54, 1.807) is 11.3 Å². The molecule has 2 fully saturated rings. The molecule has 3 nitrogen and oxygen atoms in total. The number of likely N-dealkylation sites (tertiary alicyclic amines) is 1. The minimum atomic E-state index is 0.142. The molecule has 2 atom stereocenters. The molecule has 2 heterocycles. The number of hydrogen-bond donors (Lipinski definition) is 0. The van der Waals surface area contributed by atoms with E-state index >= 15 is 0 Å². The summed E-state index contributed by atoms with van der Waals surface area (Å²) >= 11 is 1.56. The van der Waals surface area contributed by atoms with Gasteiger partial charge >= 0.3 is 0 Å². The second kappa shape index (κ2) is 4.41. The van der Waals surface area contributed by atoms with Crippen LogP contribution in [0.5, 0.6) is 0 Å². The van der Waals surface area contributed by atoms with E-state index in [0.29, 0.717) is 5.69 Å². The minimum absolute atomic E-state index is 0.142. The Morgan fingerprint density at radius 3 is 2.53 bits per heavy atom. The van der Waals surface area contributed by atoms with E-state index in [2.05, 4.69) is 4.98 Å². The van der Waals surface area contributed by atoms with E-state index in [1.165, 1.54) is 25.7 Å². The van der Waals surface area contributed by atoms with Crippen molar-refractivity contribution in [3.63, 3.8) is 0 Å². The zero-order chi connectivity index (χ0) is 11.8. The predicted octanol–water partition coefficient (Wildman–Crippen LogP) is 2.71.